The molecule has 0 aromatic heterocycles. The number of amides is 2. The molecule has 0 saturated heterocycles. The predicted molar refractivity (Wildman–Crippen MR) is 186 cm³/mol. The van der Waals surface area contributed by atoms with E-state index in [2.05, 4.69) is 21.2 Å². The van der Waals surface area contributed by atoms with Gasteiger partial charge in [-0.3, -0.25) is 13.9 Å². The number of rotatable bonds is 13. The second-order valence-electron chi connectivity index (χ2n) is 11.2. The molecule has 4 rings (SSSR count). The molecule has 11 heteroatoms. The number of hydrogen-bond acceptors (Lipinski definition) is 5. The Kier molecular flexibility index (Phi) is 11.9. The summed E-state index contributed by atoms with van der Waals surface area (Å²) in [5.74, 6) is -0.445. The van der Waals surface area contributed by atoms with Crippen LogP contribution in [-0.4, -0.2) is 50.9 Å². The van der Waals surface area contributed by atoms with Crippen molar-refractivity contribution in [2.24, 2.45) is 0 Å². The molecule has 8 nitrogen and oxygen atoms in total. The van der Waals surface area contributed by atoms with E-state index in [9.17, 15) is 18.0 Å². The van der Waals surface area contributed by atoms with Crippen LogP contribution in [0.15, 0.2) is 106 Å². The molecule has 0 aliphatic heterocycles. The second-order valence-corrected chi connectivity index (χ2v) is 14.3. The zero-order valence-corrected chi connectivity index (χ0v) is 29.3. The van der Waals surface area contributed by atoms with Crippen molar-refractivity contribution in [1.82, 2.24) is 10.2 Å². The van der Waals surface area contributed by atoms with Gasteiger partial charge in [0.25, 0.3) is 10.0 Å². The largest absolute Gasteiger partial charge is 0.496 e. The summed E-state index contributed by atoms with van der Waals surface area (Å²) in [7, 11) is -2.78. The van der Waals surface area contributed by atoms with E-state index >= 15 is 0 Å². The maximum Gasteiger partial charge on any atom is 0.264 e. The molecule has 1 N–H and O–H groups in total. The number of aryl methyl sites for hydroxylation is 1. The zero-order chi connectivity index (χ0) is 33.4. The SMILES string of the molecule is COc1ccc(S(=O)(=O)N(CC(=O)N(Cc2cccc(Cl)c2)[C@@H](Cc2ccccc2)C(=O)NC(C)C)c2ccc(C)cc2)cc1Br. The smallest absolute Gasteiger partial charge is 0.264 e. The van der Waals surface area contributed by atoms with Crippen molar-refractivity contribution < 1.29 is 22.7 Å². The van der Waals surface area contributed by atoms with Crippen molar-refractivity contribution in [3.05, 3.63) is 123 Å². The number of nitrogens with one attached hydrogen (secondary N) is 1. The van der Waals surface area contributed by atoms with E-state index in [1.54, 1.807) is 48.5 Å². The van der Waals surface area contributed by atoms with E-state index in [4.69, 9.17) is 16.3 Å². The maximum absolute atomic E-state index is 14.5. The fourth-order valence-electron chi connectivity index (χ4n) is 4.94. The number of carbonyl (C=O) groups excluding carboxylic acids is 2. The van der Waals surface area contributed by atoms with Gasteiger partial charge in [0, 0.05) is 24.0 Å². The number of benzene rings is 4. The lowest BCUT2D eigenvalue weighted by atomic mass is 10.0. The van der Waals surface area contributed by atoms with Gasteiger partial charge >= 0.3 is 0 Å². The molecule has 4 aromatic rings. The van der Waals surface area contributed by atoms with E-state index < -0.39 is 28.5 Å². The number of methoxy groups -OCH3 is 1. The normalized spacial score (nSPS) is 12.0. The first-order valence-corrected chi connectivity index (χ1v) is 17.3. The minimum absolute atomic E-state index is 0.0261. The van der Waals surface area contributed by atoms with Crippen molar-refractivity contribution >= 4 is 55.1 Å². The fraction of sp³-hybridized carbons (Fsp3) is 0.257. The Bertz CT molecular complexity index is 1770. The van der Waals surface area contributed by atoms with Crippen LogP contribution >= 0.6 is 27.5 Å². The third-order valence-electron chi connectivity index (χ3n) is 7.26. The van der Waals surface area contributed by atoms with Gasteiger partial charge in [-0.05, 0) is 90.3 Å². The van der Waals surface area contributed by atoms with E-state index in [1.807, 2.05) is 57.2 Å². The summed E-state index contributed by atoms with van der Waals surface area (Å²) in [6.07, 6.45) is 0.217. The standard InChI is InChI=1S/C35H37BrClN3O5S/c1-24(2)38-35(42)32(20-26-9-6-5-7-10-26)39(22-27-11-8-12-28(37)19-27)34(41)23-40(29-15-13-25(3)14-16-29)46(43,44)30-17-18-33(45-4)31(36)21-30/h5-19,21,24,32H,20,22-23H2,1-4H3,(H,38,42)/t32-/m0/s1. The molecular formula is C35H37BrClN3O5S. The predicted octanol–water partition coefficient (Wildman–Crippen LogP) is 6.78. The summed E-state index contributed by atoms with van der Waals surface area (Å²) in [6, 6.07) is 26.6. The molecule has 242 valence electrons. The highest BCUT2D eigenvalue weighted by Gasteiger charge is 2.35. The van der Waals surface area contributed by atoms with Crippen LogP contribution in [0.5, 0.6) is 5.75 Å². The highest BCUT2D eigenvalue weighted by atomic mass is 79.9. The lowest BCUT2D eigenvalue weighted by Gasteiger charge is -2.34. The van der Waals surface area contributed by atoms with Crippen LogP contribution in [0.2, 0.25) is 5.02 Å². The Morgan fingerprint density at radius 3 is 2.20 bits per heavy atom. The van der Waals surface area contributed by atoms with Gasteiger partial charge in [-0.2, -0.15) is 0 Å². The lowest BCUT2D eigenvalue weighted by Crippen LogP contribution is -2.54. The molecule has 0 unspecified atom stereocenters. The number of halogens is 2. The van der Waals surface area contributed by atoms with Gasteiger partial charge < -0.3 is 15.0 Å². The summed E-state index contributed by atoms with van der Waals surface area (Å²) in [5.41, 5.74) is 2.77. The molecule has 4 aromatic carbocycles. The molecule has 46 heavy (non-hydrogen) atoms. The van der Waals surface area contributed by atoms with Gasteiger partial charge in [0.2, 0.25) is 11.8 Å². The first-order valence-electron chi connectivity index (χ1n) is 14.7. The summed E-state index contributed by atoms with van der Waals surface area (Å²) in [6.45, 7) is 5.05. The van der Waals surface area contributed by atoms with Crippen LogP contribution in [0.4, 0.5) is 5.69 Å². The van der Waals surface area contributed by atoms with Crippen LogP contribution in [0, 0.1) is 6.92 Å². The van der Waals surface area contributed by atoms with Crippen molar-refractivity contribution in [2.75, 3.05) is 18.0 Å². The highest BCUT2D eigenvalue weighted by molar-refractivity contribution is 9.10. The Balaban J connectivity index is 1.82. The highest BCUT2D eigenvalue weighted by Crippen LogP contribution is 2.31. The second kappa shape index (κ2) is 15.6. The first-order chi connectivity index (χ1) is 21.9. The van der Waals surface area contributed by atoms with E-state index in [0.29, 0.717) is 26.5 Å². The summed E-state index contributed by atoms with van der Waals surface area (Å²) < 4.78 is 35.4. The van der Waals surface area contributed by atoms with Gasteiger partial charge in [-0.25, -0.2) is 8.42 Å². The van der Waals surface area contributed by atoms with Gasteiger partial charge in [0.05, 0.1) is 22.2 Å². The Morgan fingerprint density at radius 1 is 0.913 bits per heavy atom. The number of nitrogens with zero attached hydrogens (tertiary/aromatic N) is 2. The minimum atomic E-state index is -4.27. The summed E-state index contributed by atoms with van der Waals surface area (Å²) >= 11 is 9.68. The Morgan fingerprint density at radius 2 is 1.59 bits per heavy atom. The molecule has 1 atom stereocenters. The minimum Gasteiger partial charge on any atom is -0.496 e. The monoisotopic (exact) mass is 725 g/mol. The molecule has 0 aliphatic carbocycles. The lowest BCUT2D eigenvalue weighted by molar-refractivity contribution is -0.140. The number of hydrogen-bond donors (Lipinski definition) is 1. The first kappa shape index (κ1) is 35.0. The molecule has 0 spiro atoms. The molecular weight excluding hydrogens is 690 g/mol. The summed E-state index contributed by atoms with van der Waals surface area (Å²) in [4.78, 5) is 29.7. The number of carbonyl (C=O) groups is 2. The van der Waals surface area contributed by atoms with Gasteiger partial charge in [-0.15, -0.1) is 0 Å². The van der Waals surface area contributed by atoms with Crippen LogP contribution in [0.25, 0.3) is 0 Å². The van der Waals surface area contributed by atoms with Crippen LogP contribution < -0.4 is 14.4 Å². The third kappa shape index (κ3) is 8.90. The van der Waals surface area contributed by atoms with Crippen LogP contribution in [-0.2, 0) is 32.6 Å². The third-order valence-corrected chi connectivity index (χ3v) is 9.88. The summed E-state index contributed by atoms with van der Waals surface area (Å²) in [5, 5.41) is 3.43. The Hall–Kier alpha value is -3.86. The molecule has 0 radical (unpaired) electrons. The molecule has 0 heterocycles. The molecule has 0 fully saturated rings. The average Bonchev–Trinajstić information content (AvgIpc) is 3.02. The van der Waals surface area contributed by atoms with Gasteiger partial charge in [-0.1, -0.05) is 71.8 Å². The zero-order valence-electron chi connectivity index (χ0n) is 26.1. The maximum atomic E-state index is 14.5. The number of sulfonamides is 1. The quantitative estimate of drug-likeness (QED) is 0.164. The van der Waals surface area contributed by atoms with Crippen molar-refractivity contribution in [3.8, 4) is 5.75 Å². The topological polar surface area (TPSA) is 96.0 Å². The van der Waals surface area contributed by atoms with Crippen molar-refractivity contribution in [1.29, 1.82) is 0 Å². The van der Waals surface area contributed by atoms with E-state index in [-0.39, 0.29) is 29.8 Å². The van der Waals surface area contributed by atoms with E-state index in [0.717, 1.165) is 15.4 Å². The molecule has 0 bridgehead atoms. The number of ether oxygens (including phenoxy) is 1. The molecule has 2 amide bonds. The van der Waals surface area contributed by atoms with E-state index in [1.165, 1.54) is 24.1 Å². The Labute approximate surface area is 284 Å². The molecule has 0 saturated carbocycles. The van der Waals surface area contributed by atoms with Gasteiger partial charge in [0.1, 0.15) is 18.3 Å². The van der Waals surface area contributed by atoms with Gasteiger partial charge in [0.15, 0.2) is 0 Å². The van der Waals surface area contributed by atoms with Crippen LogP contribution in [0.1, 0.15) is 30.5 Å². The van der Waals surface area contributed by atoms with Crippen LogP contribution in [0.3, 0.4) is 0 Å². The average molecular weight is 727 g/mol. The molecule has 0 aliphatic rings. The number of anilines is 1. The fourth-order valence-corrected chi connectivity index (χ4v) is 7.29. The van der Waals surface area contributed by atoms with Crippen molar-refractivity contribution in [3.63, 3.8) is 0 Å². The van der Waals surface area contributed by atoms with Crippen molar-refractivity contribution in [2.45, 2.75) is 50.7 Å².